The van der Waals surface area contributed by atoms with Crippen LogP contribution < -0.4 is 5.73 Å². The fraction of sp³-hybridized carbons (Fsp3) is 0.714. The third-order valence-electron chi connectivity index (χ3n) is 4.96. The highest BCUT2D eigenvalue weighted by atomic mass is 32.2. The standard InChI is InChI=1S/C14H22N2O2S2/c15-11-12-13(3-10-19-12)20(17,18)16-8-6-14(7-9-16)4-1-2-5-14/h3,10H,1-2,4-9,11,15H2. The van der Waals surface area contributed by atoms with Gasteiger partial charge in [0.1, 0.15) is 0 Å². The average Bonchev–Trinajstić information content (AvgIpc) is 3.08. The number of thiophene rings is 1. The fourth-order valence-corrected chi connectivity index (χ4v) is 6.42. The molecule has 0 radical (unpaired) electrons. The molecular formula is C14H22N2O2S2. The summed E-state index contributed by atoms with van der Waals surface area (Å²) in [6.07, 6.45) is 7.24. The van der Waals surface area contributed by atoms with Crippen LogP contribution in [0.25, 0.3) is 0 Å². The zero-order valence-corrected chi connectivity index (χ0v) is 13.3. The maximum Gasteiger partial charge on any atom is 0.244 e. The lowest BCUT2D eigenvalue weighted by Gasteiger charge is -2.38. The molecule has 0 aromatic carbocycles. The maximum absolute atomic E-state index is 12.7. The van der Waals surface area contributed by atoms with Crippen molar-refractivity contribution in [2.45, 2.75) is 50.0 Å². The lowest BCUT2D eigenvalue weighted by atomic mass is 9.78. The zero-order chi connectivity index (χ0) is 14.2. The molecule has 2 N–H and O–H groups in total. The summed E-state index contributed by atoms with van der Waals surface area (Å²) in [7, 11) is -3.34. The molecule has 0 atom stereocenters. The van der Waals surface area contributed by atoms with Gasteiger partial charge >= 0.3 is 0 Å². The van der Waals surface area contributed by atoms with Crippen molar-refractivity contribution in [3.05, 3.63) is 16.3 Å². The Morgan fingerprint density at radius 2 is 1.85 bits per heavy atom. The second kappa shape index (κ2) is 5.40. The van der Waals surface area contributed by atoms with Crippen molar-refractivity contribution in [2.75, 3.05) is 13.1 Å². The van der Waals surface area contributed by atoms with Gasteiger partial charge < -0.3 is 5.73 Å². The van der Waals surface area contributed by atoms with Gasteiger partial charge in [-0.05, 0) is 42.5 Å². The Balaban J connectivity index is 1.77. The van der Waals surface area contributed by atoms with Gasteiger partial charge in [-0.2, -0.15) is 4.31 Å². The van der Waals surface area contributed by atoms with Crippen molar-refractivity contribution in [1.82, 2.24) is 4.31 Å². The van der Waals surface area contributed by atoms with Crippen LogP contribution in [0.1, 0.15) is 43.4 Å². The minimum atomic E-state index is -3.34. The molecule has 0 bridgehead atoms. The smallest absolute Gasteiger partial charge is 0.244 e. The van der Waals surface area contributed by atoms with E-state index in [2.05, 4.69) is 0 Å². The molecule has 3 rings (SSSR count). The Kier molecular flexibility index (Phi) is 3.92. The quantitative estimate of drug-likeness (QED) is 0.932. The third-order valence-corrected chi connectivity index (χ3v) is 8.01. The van der Waals surface area contributed by atoms with Crippen molar-refractivity contribution < 1.29 is 8.42 Å². The summed E-state index contributed by atoms with van der Waals surface area (Å²) >= 11 is 1.43. The molecule has 2 aliphatic rings. The number of rotatable bonds is 3. The number of hydrogen-bond acceptors (Lipinski definition) is 4. The summed E-state index contributed by atoms with van der Waals surface area (Å²) in [5.74, 6) is 0. The van der Waals surface area contributed by atoms with Crippen molar-refractivity contribution >= 4 is 21.4 Å². The summed E-state index contributed by atoms with van der Waals surface area (Å²) in [6, 6.07) is 1.70. The molecule has 20 heavy (non-hydrogen) atoms. The first kappa shape index (κ1) is 14.5. The monoisotopic (exact) mass is 314 g/mol. The van der Waals surface area contributed by atoms with Crippen LogP contribution in [-0.2, 0) is 16.6 Å². The maximum atomic E-state index is 12.7. The van der Waals surface area contributed by atoms with E-state index in [-0.39, 0.29) is 0 Å². The lowest BCUT2D eigenvalue weighted by Crippen LogP contribution is -2.42. The van der Waals surface area contributed by atoms with E-state index in [4.69, 9.17) is 5.73 Å². The Labute approximate surface area is 125 Å². The molecule has 2 heterocycles. The Morgan fingerprint density at radius 3 is 2.45 bits per heavy atom. The molecule has 1 saturated carbocycles. The molecule has 112 valence electrons. The average molecular weight is 314 g/mol. The van der Waals surface area contributed by atoms with E-state index in [9.17, 15) is 8.42 Å². The van der Waals surface area contributed by atoms with Gasteiger partial charge in [-0.25, -0.2) is 8.42 Å². The van der Waals surface area contributed by atoms with Crippen molar-refractivity contribution in [3.63, 3.8) is 0 Å². The molecule has 6 heteroatoms. The van der Waals surface area contributed by atoms with E-state index >= 15 is 0 Å². The summed E-state index contributed by atoms with van der Waals surface area (Å²) < 4.78 is 27.1. The van der Waals surface area contributed by atoms with E-state index in [0.29, 0.717) is 29.9 Å². The van der Waals surface area contributed by atoms with Crippen LogP contribution in [0.5, 0.6) is 0 Å². The van der Waals surface area contributed by atoms with Crippen LogP contribution in [-0.4, -0.2) is 25.8 Å². The first-order valence-corrected chi connectivity index (χ1v) is 9.66. The highest BCUT2D eigenvalue weighted by Gasteiger charge is 2.40. The molecule has 1 saturated heterocycles. The second-order valence-corrected chi connectivity index (χ2v) is 8.93. The summed E-state index contributed by atoms with van der Waals surface area (Å²) in [4.78, 5) is 1.19. The van der Waals surface area contributed by atoms with Gasteiger partial charge in [-0.3, -0.25) is 0 Å². The molecule has 0 unspecified atom stereocenters. The molecule has 1 spiro atoms. The molecule has 1 aliphatic carbocycles. The van der Waals surface area contributed by atoms with Crippen molar-refractivity contribution in [2.24, 2.45) is 11.1 Å². The highest BCUT2D eigenvalue weighted by molar-refractivity contribution is 7.89. The molecule has 2 fully saturated rings. The van der Waals surface area contributed by atoms with Crippen LogP contribution in [0.2, 0.25) is 0 Å². The van der Waals surface area contributed by atoms with Gasteiger partial charge in [0.05, 0.1) is 4.90 Å². The molecule has 4 nitrogen and oxygen atoms in total. The van der Waals surface area contributed by atoms with E-state index in [1.165, 1.54) is 37.0 Å². The predicted octanol–water partition coefficient (Wildman–Crippen LogP) is 2.55. The second-order valence-electron chi connectivity index (χ2n) is 6.02. The zero-order valence-electron chi connectivity index (χ0n) is 11.7. The normalized spacial score (nSPS) is 23.4. The van der Waals surface area contributed by atoms with Gasteiger partial charge in [0.25, 0.3) is 0 Å². The molecule has 1 aliphatic heterocycles. The van der Waals surface area contributed by atoms with E-state index in [1.807, 2.05) is 5.38 Å². The number of nitrogens with two attached hydrogens (primary N) is 1. The third kappa shape index (κ3) is 2.43. The summed E-state index contributed by atoms with van der Waals surface area (Å²) in [5.41, 5.74) is 6.08. The fourth-order valence-electron chi connectivity index (χ4n) is 3.67. The Bertz CT molecular complexity index is 564. The van der Waals surface area contributed by atoms with Gasteiger partial charge in [0.15, 0.2) is 0 Å². The van der Waals surface area contributed by atoms with Crippen molar-refractivity contribution in [1.29, 1.82) is 0 Å². The predicted molar refractivity (Wildman–Crippen MR) is 81.1 cm³/mol. The van der Waals surface area contributed by atoms with Crippen LogP contribution in [0.3, 0.4) is 0 Å². The van der Waals surface area contributed by atoms with E-state index < -0.39 is 10.0 Å². The molecular weight excluding hydrogens is 292 g/mol. The minimum absolute atomic E-state index is 0.296. The number of hydrogen-bond donors (Lipinski definition) is 1. The molecule has 0 amide bonds. The van der Waals surface area contributed by atoms with Crippen LogP contribution in [0.15, 0.2) is 16.3 Å². The first-order chi connectivity index (χ1) is 9.57. The van der Waals surface area contributed by atoms with Crippen LogP contribution in [0, 0.1) is 5.41 Å². The Morgan fingerprint density at radius 1 is 1.20 bits per heavy atom. The number of sulfonamides is 1. The number of nitrogens with zero attached hydrogens (tertiary/aromatic N) is 1. The van der Waals surface area contributed by atoms with E-state index in [1.54, 1.807) is 10.4 Å². The molecule has 1 aromatic rings. The summed E-state index contributed by atoms with van der Waals surface area (Å²) in [5, 5.41) is 1.82. The highest BCUT2D eigenvalue weighted by Crippen LogP contribution is 2.46. The largest absolute Gasteiger partial charge is 0.326 e. The van der Waals surface area contributed by atoms with Gasteiger partial charge in [0, 0.05) is 24.5 Å². The topological polar surface area (TPSA) is 63.4 Å². The van der Waals surface area contributed by atoms with Crippen LogP contribution >= 0.6 is 11.3 Å². The van der Waals surface area contributed by atoms with Crippen molar-refractivity contribution in [3.8, 4) is 0 Å². The van der Waals surface area contributed by atoms with Gasteiger partial charge in [-0.15, -0.1) is 11.3 Å². The summed E-state index contributed by atoms with van der Waals surface area (Å²) in [6.45, 7) is 1.63. The number of piperidine rings is 1. The molecule has 1 aromatic heterocycles. The minimum Gasteiger partial charge on any atom is -0.326 e. The van der Waals surface area contributed by atoms with Crippen LogP contribution in [0.4, 0.5) is 0 Å². The lowest BCUT2D eigenvalue weighted by molar-refractivity contribution is 0.160. The van der Waals surface area contributed by atoms with E-state index in [0.717, 1.165) is 17.7 Å². The first-order valence-electron chi connectivity index (χ1n) is 7.34. The van der Waals surface area contributed by atoms with Gasteiger partial charge in [-0.1, -0.05) is 12.8 Å². The SMILES string of the molecule is NCc1sccc1S(=O)(=O)N1CCC2(CCCC2)CC1. The Hall–Kier alpha value is -0.430. The van der Waals surface area contributed by atoms with Gasteiger partial charge in [0.2, 0.25) is 10.0 Å².